The topological polar surface area (TPSA) is 93.1 Å². The average molecular weight is 557 g/mol. The molecule has 0 radical (unpaired) electrons. The minimum Gasteiger partial charge on any atom is -0.462 e. The van der Waals surface area contributed by atoms with E-state index in [9.17, 15) is 19.8 Å². The predicted octanol–water partition coefficient (Wildman–Crippen LogP) is 6.69. The fourth-order valence-corrected chi connectivity index (χ4v) is 5.96. The van der Waals surface area contributed by atoms with Gasteiger partial charge in [-0.2, -0.15) is 0 Å². The summed E-state index contributed by atoms with van der Waals surface area (Å²) in [6.07, 6.45) is 10.6. The van der Waals surface area contributed by atoms with Crippen LogP contribution in [0.25, 0.3) is 0 Å². The number of aryl methyl sites for hydroxylation is 1. The maximum Gasteiger partial charge on any atom is 0.333 e. The lowest BCUT2D eigenvalue weighted by Crippen LogP contribution is -2.43. The van der Waals surface area contributed by atoms with E-state index in [0.717, 1.165) is 44.9 Å². The first-order valence-electron chi connectivity index (χ1n) is 15.2. The Bertz CT molecular complexity index is 940. The Morgan fingerprint density at radius 2 is 1.52 bits per heavy atom. The van der Waals surface area contributed by atoms with Crippen LogP contribution in [0.2, 0.25) is 0 Å². The molecule has 1 aliphatic rings. The minimum absolute atomic E-state index is 0.132. The number of benzene rings is 1. The highest BCUT2D eigenvalue weighted by molar-refractivity contribution is 5.88. The maximum absolute atomic E-state index is 12.8. The molecule has 1 aromatic rings. The van der Waals surface area contributed by atoms with Gasteiger partial charge in [0.25, 0.3) is 0 Å². The second kappa shape index (κ2) is 17.4. The molecule has 40 heavy (non-hydrogen) atoms. The summed E-state index contributed by atoms with van der Waals surface area (Å²) in [6, 6.07) is 9.14. The van der Waals surface area contributed by atoms with Gasteiger partial charge in [0, 0.05) is 35.7 Å². The molecule has 6 heteroatoms. The molecule has 0 saturated heterocycles. The summed E-state index contributed by atoms with van der Waals surface area (Å²) >= 11 is 0. The number of carbonyl (C=O) groups is 2. The van der Waals surface area contributed by atoms with Crippen LogP contribution in [0, 0.1) is 17.3 Å². The molecule has 0 amide bonds. The number of rotatable bonds is 18. The second-order valence-corrected chi connectivity index (χ2v) is 11.8. The third-order valence-corrected chi connectivity index (χ3v) is 8.53. The fourth-order valence-electron chi connectivity index (χ4n) is 5.96. The van der Waals surface area contributed by atoms with E-state index in [1.54, 1.807) is 6.92 Å². The Hall–Kier alpha value is -2.44. The van der Waals surface area contributed by atoms with Crippen molar-refractivity contribution < 1.29 is 29.3 Å². The Morgan fingerprint density at radius 1 is 0.925 bits per heavy atom. The van der Waals surface area contributed by atoms with Crippen LogP contribution < -0.4 is 0 Å². The molecule has 0 heterocycles. The molecule has 2 rings (SSSR count). The Labute approximate surface area is 241 Å². The van der Waals surface area contributed by atoms with Gasteiger partial charge in [-0.05, 0) is 81.3 Å². The Kier molecular flexibility index (Phi) is 14.7. The number of carbonyl (C=O) groups excluding carboxylic acids is 2. The fraction of sp³-hybridized carbons (Fsp3) is 0.647. The van der Waals surface area contributed by atoms with Crippen molar-refractivity contribution in [3.05, 3.63) is 59.7 Å². The number of hydrogen-bond acceptors (Lipinski definition) is 6. The van der Waals surface area contributed by atoms with Crippen molar-refractivity contribution in [2.24, 2.45) is 17.3 Å². The van der Waals surface area contributed by atoms with E-state index in [0.29, 0.717) is 11.5 Å². The van der Waals surface area contributed by atoms with Gasteiger partial charge >= 0.3 is 11.9 Å². The Morgan fingerprint density at radius 3 is 2.05 bits per heavy atom. The van der Waals surface area contributed by atoms with Gasteiger partial charge in [-0.3, -0.25) is 0 Å². The van der Waals surface area contributed by atoms with Crippen molar-refractivity contribution >= 4 is 11.9 Å². The largest absolute Gasteiger partial charge is 0.462 e. The molecular weight excluding hydrogens is 504 g/mol. The third-order valence-electron chi connectivity index (χ3n) is 8.53. The molecule has 224 valence electrons. The van der Waals surface area contributed by atoms with Crippen LogP contribution in [0.15, 0.2) is 48.6 Å². The minimum atomic E-state index is -0.536. The van der Waals surface area contributed by atoms with Gasteiger partial charge in [-0.25, -0.2) is 9.59 Å². The molecule has 1 aliphatic carbocycles. The number of ether oxygens (including phenoxy) is 2. The average Bonchev–Trinajstić information content (AvgIpc) is 2.97. The summed E-state index contributed by atoms with van der Waals surface area (Å²) in [6.45, 7) is 13.3. The lowest BCUT2D eigenvalue weighted by Gasteiger charge is -2.43. The highest BCUT2D eigenvalue weighted by Gasteiger charge is 2.43. The van der Waals surface area contributed by atoms with Crippen LogP contribution in [0.3, 0.4) is 0 Å². The highest BCUT2D eigenvalue weighted by atomic mass is 16.5. The van der Waals surface area contributed by atoms with E-state index in [2.05, 4.69) is 51.3 Å². The van der Waals surface area contributed by atoms with Crippen LogP contribution in [0.1, 0.15) is 102 Å². The molecule has 1 saturated carbocycles. The molecule has 1 aromatic carbocycles. The lowest BCUT2D eigenvalue weighted by molar-refractivity contribution is -0.154. The summed E-state index contributed by atoms with van der Waals surface area (Å²) in [5.74, 6) is -0.685. The lowest BCUT2D eigenvalue weighted by atomic mass is 9.64. The number of hydrogen-bond donors (Lipinski definition) is 2. The highest BCUT2D eigenvalue weighted by Crippen LogP contribution is 2.46. The SMILES string of the molecule is C=C(C)C(=O)OCC(CCC)(COC(=O)C(=C)CC(CO)CO)C1CCC(c2ccc(CCCCC)cc2)CC1. The summed E-state index contributed by atoms with van der Waals surface area (Å²) in [5, 5.41) is 18.7. The molecule has 2 N–H and O–H groups in total. The molecule has 0 spiro atoms. The second-order valence-electron chi connectivity index (χ2n) is 11.8. The molecule has 0 aliphatic heterocycles. The summed E-state index contributed by atoms with van der Waals surface area (Å²) in [7, 11) is 0. The van der Waals surface area contributed by atoms with Crippen molar-refractivity contribution in [2.45, 2.75) is 97.3 Å². The molecule has 0 bridgehead atoms. The van der Waals surface area contributed by atoms with Crippen LogP contribution in [-0.4, -0.2) is 48.6 Å². The van der Waals surface area contributed by atoms with Crippen molar-refractivity contribution in [3.8, 4) is 0 Å². The van der Waals surface area contributed by atoms with E-state index >= 15 is 0 Å². The van der Waals surface area contributed by atoms with Crippen molar-refractivity contribution in [1.29, 1.82) is 0 Å². The van der Waals surface area contributed by atoms with Crippen molar-refractivity contribution in [1.82, 2.24) is 0 Å². The van der Waals surface area contributed by atoms with Gasteiger partial charge in [0.05, 0.1) is 0 Å². The number of esters is 2. The van der Waals surface area contributed by atoms with E-state index in [4.69, 9.17) is 9.47 Å². The van der Waals surface area contributed by atoms with E-state index in [-0.39, 0.29) is 44.3 Å². The molecule has 1 atom stereocenters. The first-order chi connectivity index (χ1) is 19.2. The van der Waals surface area contributed by atoms with Crippen LogP contribution >= 0.6 is 0 Å². The van der Waals surface area contributed by atoms with Crippen LogP contribution in [0.5, 0.6) is 0 Å². The maximum atomic E-state index is 12.8. The van der Waals surface area contributed by atoms with Crippen molar-refractivity contribution in [3.63, 3.8) is 0 Å². The summed E-state index contributed by atoms with van der Waals surface area (Å²) in [4.78, 5) is 25.2. The van der Waals surface area contributed by atoms with Gasteiger partial charge in [0.1, 0.15) is 13.2 Å². The van der Waals surface area contributed by atoms with Gasteiger partial charge in [0.2, 0.25) is 0 Å². The first-order valence-corrected chi connectivity index (χ1v) is 15.2. The summed E-state index contributed by atoms with van der Waals surface area (Å²) < 4.78 is 11.5. The van der Waals surface area contributed by atoms with Crippen molar-refractivity contribution in [2.75, 3.05) is 26.4 Å². The predicted molar refractivity (Wildman–Crippen MR) is 160 cm³/mol. The van der Waals surface area contributed by atoms with Gasteiger partial charge in [0.15, 0.2) is 0 Å². The van der Waals surface area contributed by atoms with Crippen LogP contribution in [-0.2, 0) is 25.5 Å². The zero-order chi connectivity index (χ0) is 29.5. The first kappa shape index (κ1) is 33.8. The van der Waals surface area contributed by atoms with Gasteiger partial charge in [-0.1, -0.05) is 70.5 Å². The third kappa shape index (κ3) is 10.2. The molecule has 1 fully saturated rings. The monoisotopic (exact) mass is 556 g/mol. The normalized spacial score (nSPS) is 18.6. The molecule has 6 nitrogen and oxygen atoms in total. The van der Waals surface area contributed by atoms with Crippen LogP contribution in [0.4, 0.5) is 0 Å². The van der Waals surface area contributed by atoms with E-state index in [1.807, 2.05) is 0 Å². The van der Waals surface area contributed by atoms with E-state index in [1.165, 1.54) is 30.4 Å². The van der Waals surface area contributed by atoms with Gasteiger partial charge in [-0.15, -0.1) is 0 Å². The molecular formula is C34H52O6. The number of unbranched alkanes of at least 4 members (excludes halogenated alkanes) is 2. The number of aliphatic hydroxyl groups is 2. The van der Waals surface area contributed by atoms with E-state index < -0.39 is 23.3 Å². The zero-order valence-corrected chi connectivity index (χ0v) is 25.1. The zero-order valence-electron chi connectivity index (χ0n) is 25.1. The smallest absolute Gasteiger partial charge is 0.333 e. The quantitative estimate of drug-likeness (QED) is 0.119. The molecule has 1 unspecified atom stereocenters. The summed E-state index contributed by atoms with van der Waals surface area (Å²) in [5.41, 5.74) is 2.85. The Balaban J connectivity index is 2.13. The van der Waals surface area contributed by atoms with Gasteiger partial charge < -0.3 is 19.7 Å². The standard InChI is InChI=1S/C34H52O6/c1-6-8-9-10-27-11-13-29(14-12-27)30-15-17-31(18-16-30)34(19-7-2,23-39-32(37)25(3)4)24-40-33(38)26(5)20-28(21-35)22-36/h11-14,28,30-31,35-36H,3,5-10,15-24H2,1-2,4H3. The number of aliphatic hydroxyl groups excluding tert-OH is 2. The molecule has 0 aromatic heterocycles.